The lowest BCUT2D eigenvalue weighted by Crippen LogP contribution is -2.43. The highest BCUT2D eigenvalue weighted by Crippen LogP contribution is 2.27. The summed E-state index contributed by atoms with van der Waals surface area (Å²) in [6, 6.07) is 6.11. The zero-order chi connectivity index (χ0) is 16.7. The van der Waals surface area contributed by atoms with E-state index in [0.717, 1.165) is 11.0 Å². The first-order valence-corrected chi connectivity index (χ1v) is 8.58. The van der Waals surface area contributed by atoms with Gasteiger partial charge in [0, 0.05) is 30.2 Å². The number of amides is 1. The van der Waals surface area contributed by atoms with Crippen molar-refractivity contribution in [2.75, 3.05) is 19.7 Å². The summed E-state index contributed by atoms with van der Waals surface area (Å²) >= 11 is 9.21. The van der Waals surface area contributed by atoms with E-state index in [1.54, 1.807) is 18.2 Å². The summed E-state index contributed by atoms with van der Waals surface area (Å²) in [5, 5.41) is 3.49. The van der Waals surface area contributed by atoms with Crippen molar-refractivity contribution in [2.24, 2.45) is 0 Å². The minimum absolute atomic E-state index is 0.0103. The first-order valence-electron chi connectivity index (χ1n) is 7.41. The monoisotopic (exact) mass is 390 g/mol. The number of ether oxygens (including phenoxy) is 1. The van der Waals surface area contributed by atoms with E-state index in [-0.39, 0.29) is 12.5 Å². The van der Waals surface area contributed by atoms with Gasteiger partial charge < -0.3 is 10.1 Å². The van der Waals surface area contributed by atoms with Gasteiger partial charge in [0.15, 0.2) is 6.61 Å². The van der Waals surface area contributed by atoms with Gasteiger partial charge in [0.05, 0.1) is 4.47 Å². The zero-order valence-corrected chi connectivity index (χ0v) is 15.9. The van der Waals surface area contributed by atoms with Gasteiger partial charge in [-0.3, -0.25) is 9.69 Å². The van der Waals surface area contributed by atoms with Gasteiger partial charge in [-0.2, -0.15) is 0 Å². The van der Waals surface area contributed by atoms with Gasteiger partial charge in [-0.15, -0.1) is 0 Å². The molecule has 0 atom stereocenters. The summed E-state index contributed by atoms with van der Waals surface area (Å²) < 4.78 is 6.21. The Morgan fingerprint density at radius 1 is 1.32 bits per heavy atom. The molecule has 1 aromatic rings. The van der Waals surface area contributed by atoms with Gasteiger partial charge in [0.2, 0.25) is 0 Å². The summed E-state index contributed by atoms with van der Waals surface area (Å²) in [5.41, 5.74) is 0. The molecule has 0 unspecified atom stereocenters. The number of nitrogens with zero attached hydrogens (tertiary/aromatic N) is 1. The van der Waals surface area contributed by atoms with E-state index in [2.05, 4.69) is 53.8 Å². The fourth-order valence-corrected chi connectivity index (χ4v) is 3.02. The Kier molecular flexibility index (Phi) is 8.21. The second-order valence-corrected chi connectivity index (χ2v) is 6.93. The van der Waals surface area contributed by atoms with E-state index in [9.17, 15) is 4.79 Å². The van der Waals surface area contributed by atoms with E-state index in [0.29, 0.717) is 29.4 Å². The first-order chi connectivity index (χ1) is 10.3. The van der Waals surface area contributed by atoms with E-state index in [1.807, 2.05) is 0 Å². The third-order valence-electron chi connectivity index (χ3n) is 3.27. The lowest BCUT2D eigenvalue weighted by molar-refractivity contribution is -0.123. The van der Waals surface area contributed by atoms with Crippen molar-refractivity contribution in [3.05, 3.63) is 27.7 Å². The fraction of sp³-hybridized carbons (Fsp3) is 0.562. The molecule has 1 N–H and O–H groups in total. The number of carbonyl (C=O) groups excluding carboxylic acids is 1. The number of nitrogens with one attached hydrogen (secondary N) is 1. The van der Waals surface area contributed by atoms with Gasteiger partial charge in [-0.05, 0) is 61.8 Å². The number of halogens is 2. The maximum absolute atomic E-state index is 11.8. The Bertz CT molecular complexity index is 487. The van der Waals surface area contributed by atoms with Crippen LogP contribution in [0, 0.1) is 0 Å². The van der Waals surface area contributed by atoms with Crippen LogP contribution in [0.2, 0.25) is 5.02 Å². The standard InChI is InChI=1S/C16H24BrClN2O2/c1-11(2)20(12(3)4)8-7-19-16(21)10-22-15-6-5-13(18)9-14(15)17/h5-6,9,11-12H,7-8,10H2,1-4H3,(H,19,21). The largest absolute Gasteiger partial charge is 0.483 e. The molecule has 0 bridgehead atoms. The van der Waals surface area contributed by atoms with Gasteiger partial charge in [0.25, 0.3) is 5.91 Å². The highest BCUT2D eigenvalue weighted by atomic mass is 79.9. The molecule has 0 aliphatic heterocycles. The second-order valence-electron chi connectivity index (χ2n) is 5.64. The summed E-state index contributed by atoms with van der Waals surface area (Å²) in [4.78, 5) is 14.2. The lowest BCUT2D eigenvalue weighted by Gasteiger charge is -2.30. The molecule has 0 aliphatic carbocycles. The van der Waals surface area contributed by atoms with Gasteiger partial charge in [-0.25, -0.2) is 0 Å². The molecule has 0 saturated carbocycles. The van der Waals surface area contributed by atoms with Crippen LogP contribution in [-0.2, 0) is 4.79 Å². The molecule has 0 spiro atoms. The molecule has 0 fully saturated rings. The molecule has 0 aliphatic rings. The van der Waals surface area contributed by atoms with Gasteiger partial charge in [-0.1, -0.05) is 11.6 Å². The molecular formula is C16H24BrClN2O2. The minimum atomic E-state index is -0.130. The summed E-state index contributed by atoms with van der Waals surface area (Å²) in [6.45, 7) is 10.0. The van der Waals surface area contributed by atoms with Crippen LogP contribution >= 0.6 is 27.5 Å². The molecule has 1 aromatic carbocycles. The van der Waals surface area contributed by atoms with Crippen LogP contribution in [0.4, 0.5) is 0 Å². The van der Waals surface area contributed by atoms with Crippen LogP contribution in [0.3, 0.4) is 0 Å². The van der Waals surface area contributed by atoms with E-state index < -0.39 is 0 Å². The Hall–Kier alpha value is -0.780. The van der Waals surface area contributed by atoms with Crippen molar-refractivity contribution < 1.29 is 9.53 Å². The molecule has 0 aromatic heterocycles. The number of hydrogen-bond acceptors (Lipinski definition) is 3. The van der Waals surface area contributed by atoms with Crippen LogP contribution in [-0.4, -0.2) is 42.6 Å². The highest BCUT2D eigenvalue weighted by molar-refractivity contribution is 9.10. The van der Waals surface area contributed by atoms with Crippen LogP contribution < -0.4 is 10.1 Å². The van der Waals surface area contributed by atoms with E-state index >= 15 is 0 Å². The number of hydrogen-bond donors (Lipinski definition) is 1. The summed E-state index contributed by atoms with van der Waals surface area (Å²) in [5.74, 6) is 0.472. The maximum atomic E-state index is 11.8. The van der Waals surface area contributed by atoms with Crippen molar-refractivity contribution in [3.63, 3.8) is 0 Å². The second kappa shape index (κ2) is 9.38. The van der Waals surface area contributed by atoms with Crippen molar-refractivity contribution in [1.29, 1.82) is 0 Å². The molecular weight excluding hydrogens is 368 g/mol. The third kappa shape index (κ3) is 6.55. The van der Waals surface area contributed by atoms with Gasteiger partial charge >= 0.3 is 0 Å². The van der Waals surface area contributed by atoms with Crippen molar-refractivity contribution in [2.45, 2.75) is 39.8 Å². The molecule has 0 heterocycles. The van der Waals surface area contributed by atoms with Crippen LogP contribution in [0.5, 0.6) is 5.75 Å². The number of rotatable bonds is 8. The third-order valence-corrected chi connectivity index (χ3v) is 4.13. The van der Waals surface area contributed by atoms with Crippen LogP contribution in [0.15, 0.2) is 22.7 Å². The predicted molar refractivity (Wildman–Crippen MR) is 94.6 cm³/mol. The molecule has 22 heavy (non-hydrogen) atoms. The topological polar surface area (TPSA) is 41.6 Å². The lowest BCUT2D eigenvalue weighted by atomic mass is 10.2. The van der Waals surface area contributed by atoms with Crippen LogP contribution in [0.1, 0.15) is 27.7 Å². The molecule has 124 valence electrons. The molecule has 0 radical (unpaired) electrons. The van der Waals surface area contributed by atoms with Crippen molar-refractivity contribution >= 4 is 33.4 Å². The Morgan fingerprint density at radius 3 is 2.50 bits per heavy atom. The quantitative estimate of drug-likeness (QED) is 0.734. The maximum Gasteiger partial charge on any atom is 0.257 e. The molecule has 4 nitrogen and oxygen atoms in total. The SMILES string of the molecule is CC(C)N(CCNC(=O)COc1ccc(Cl)cc1Br)C(C)C. The molecule has 6 heteroatoms. The van der Waals surface area contributed by atoms with E-state index in [4.69, 9.17) is 16.3 Å². The minimum Gasteiger partial charge on any atom is -0.483 e. The first kappa shape index (κ1) is 19.3. The Labute approximate surface area is 146 Å². The van der Waals surface area contributed by atoms with Crippen LogP contribution in [0.25, 0.3) is 0 Å². The fourth-order valence-electron chi connectivity index (χ4n) is 2.22. The summed E-state index contributed by atoms with van der Waals surface area (Å²) in [7, 11) is 0. The van der Waals surface area contributed by atoms with Crippen molar-refractivity contribution in [3.8, 4) is 5.75 Å². The molecule has 0 saturated heterocycles. The predicted octanol–water partition coefficient (Wildman–Crippen LogP) is 3.72. The Balaban J connectivity index is 2.34. The average Bonchev–Trinajstić information content (AvgIpc) is 2.41. The number of carbonyl (C=O) groups is 1. The Morgan fingerprint density at radius 2 is 1.95 bits per heavy atom. The van der Waals surface area contributed by atoms with E-state index in [1.165, 1.54) is 0 Å². The highest BCUT2D eigenvalue weighted by Gasteiger charge is 2.13. The zero-order valence-electron chi connectivity index (χ0n) is 13.5. The average molecular weight is 392 g/mol. The number of benzene rings is 1. The molecule has 1 rings (SSSR count). The van der Waals surface area contributed by atoms with Gasteiger partial charge in [0.1, 0.15) is 5.75 Å². The summed E-state index contributed by atoms with van der Waals surface area (Å²) in [6.07, 6.45) is 0. The normalized spacial score (nSPS) is 11.3. The van der Waals surface area contributed by atoms with Crippen molar-refractivity contribution in [1.82, 2.24) is 10.2 Å². The molecule has 1 amide bonds. The smallest absolute Gasteiger partial charge is 0.257 e.